The molecule has 4 rings (SSSR count). The molecule has 1 amide bonds. The number of hydrogen-bond donors (Lipinski definition) is 1. The van der Waals surface area contributed by atoms with Crippen LogP contribution in [0.4, 0.5) is 5.69 Å². The summed E-state index contributed by atoms with van der Waals surface area (Å²) in [6.45, 7) is 2.76. The molecule has 0 atom stereocenters. The number of carbonyl (C=O) groups excluding carboxylic acids is 1. The van der Waals surface area contributed by atoms with E-state index in [1.807, 2.05) is 49.4 Å². The maximum Gasteiger partial charge on any atom is 0.335 e. The fourth-order valence-corrected chi connectivity index (χ4v) is 4.80. The van der Waals surface area contributed by atoms with E-state index in [-0.39, 0.29) is 11.5 Å². The van der Waals surface area contributed by atoms with Crippen molar-refractivity contribution in [2.24, 2.45) is 4.99 Å². The lowest BCUT2D eigenvalue weighted by Gasteiger charge is -2.14. The molecule has 0 saturated carbocycles. The number of hydrogen-bond acceptors (Lipinski definition) is 6. The summed E-state index contributed by atoms with van der Waals surface area (Å²) >= 11 is 4.81. The van der Waals surface area contributed by atoms with Gasteiger partial charge in [0, 0.05) is 11.5 Å². The Balaban J connectivity index is 1.60. The third-order valence-corrected chi connectivity index (χ3v) is 6.95. The molecule has 184 valence electrons. The summed E-state index contributed by atoms with van der Waals surface area (Å²) in [6, 6.07) is 19.8. The van der Waals surface area contributed by atoms with E-state index in [0.29, 0.717) is 40.5 Å². The van der Waals surface area contributed by atoms with Crippen LogP contribution in [0, 0.1) is 0 Å². The van der Waals surface area contributed by atoms with E-state index < -0.39 is 5.97 Å². The quantitative estimate of drug-likeness (QED) is 0.319. The van der Waals surface area contributed by atoms with Crippen molar-refractivity contribution in [3.8, 4) is 11.5 Å². The molecule has 7 nitrogen and oxygen atoms in total. The second-order valence-electron chi connectivity index (χ2n) is 7.75. The molecule has 1 heterocycles. The fraction of sp³-hybridized carbons (Fsp3) is 0.148. The van der Waals surface area contributed by atoms with Gasteiger partial charge in [0.25, 0.3) is 5.91 Å². The van der Waals surface area contributed by atoms with Crippen LogP contribution >= 0.6 is 27.7 Å². The molecule has 3 aromatic rings. The number of thioether (sulfide) groups is 1. The van der Waals surface area contributed by atoms with Gasteiger partial charge in [0.1, 0.15) is 6.61 Å². The summed E-state index contributed by atoms with van der Waals surface area (Å²) in [5.74, 6) is -0.0702. The predicted octanol–water partition coefficient (Wildman–Crippen LogP) is 6.36. The molecule has 3 aromatic carbocycles. The number of benzene rings is 3. The number of aliphatic imine (C=N–C) groups is 1. The van der Waals surface area contributed by atoms with Gasteiger partial charge in [-0.3, -0.25) is 9.69 Å². The van der Waals surface area contributed by atoms with Crippen molar-refractivity contribution in [1.29, 1.82) is 0 Å². The first-order chi connectivity index (χ1) is 17.4. The van der Waals surface area contributed by atoms with Gasteiger partial charge in [-0.1, -0.05) is 52.3 Å². The average Bonchev–Trinajstić information content (AvgIpc) is 3.13. The molecule has 1 saturated heterocycles. The highest BCUT2D eigenvalue weighted by atomic mass is 79.9. The smallest absolute Gasteiger partial charge is 0.335 e. The zero-order chi connectivity index (χ0) is 25.7. The average molecular weight is 567 g/mol. The Morgan fingerprint density at radius 3 is 2.56 bits per heavy atom. The number of aromatic carboxylic acids is 1. The number of carboxylic acids is 1. The van der Waals surface area contributed by atoms with E-state index in [1.54, 1.807) is 25.3 Å². The lowest BCUT2D eigenvalue weighted by molar-refractivity contribution is -0.121. The second kappa shape index (κ2) is 11.5. The molecular formula is C27H23BrN2O5S. The summed E-state index contributed by atoms with van der Waals surface area (Å²) in [4.78, 5) is 30.6. The van der Waals surface area contributed by atoms with Crippen LogP contribution in [0.2, 0.25) is 0 Å². The number of rotatable bonds is 8. The molecule has 0 spiro atoms. The van der Waals surface area contributed by atoms with Crippen LogP contribution in [0.5, 0.6) is 11.5 Å². The van der Waals surface area contributed by atoms with Crippen LogP contribution in [0.3, 0.4) is 0 Å². The molecule has 0 aliphatic carbocycles. The van der Waals surface area contributed by atoms with E-state index in [9.17, 15) is 14.7 Å². The van der Waals surface area contributed by atoms with Gasteiger partial charge in [-0.15, -0.1) is 0 Å². The van der Waals surface area contributed by atoms with Crippen LogP contribution in [0.25, 0.3) is 6.08 Å². The third kappa shape index (κ3) is 5.98. The number of amides is 1. The molecule has 0 radical (unpaired) electrons. The van der Waals surface area contributed by atoms with Gasteiger partial charge >= 0.3 is 5.97 Å². The lowest BCUT2D eigenvalue weighted by Crippen LogP contribution is -2.23. The molecule has 1 fully saturated rings. The predicted molar refractivity (Wildman–Crippen MR) is 145 cm³/mol. The van der Waals surface area contributed by atoms with Crippen molar-refractivity contribution in [3.63, 3.8) is 0 Å². The van der Waals surface area contributed by atoms with Crippen LogP contribution in [0.1, 0.15) is 28.4 Å². The topological polar surface area (TPSA) is 88.4 Å². The molecule has 0 unspecified atom stereocenters. The number of carboxylic acid groups (broad SMARTS) is 1. The molecule has 0 aromatic heterocycles. The standard InChI is InChI=1S/C27H23BrN2O5S/c1-3-34-22-13-19(21(28)15-23(22)35-16-17-8-5-4-6-9-17)14-24-25(31)30(2)27(36-24)29-20-11-7-10-18(12-20)26(32)33/h4-15H,3,16H2,1-2H3,(H,32,33). The van der Waals surface area contributed by atoms with Gasteiger partial charge in [0.05, 0.1) is 22.8 Å². The van der Waals surface area contributed by atoms with Crippen molar-refractivity contribution in [2.75, 3.05) is 13.7 Å². The zero-order valence-electron chi connectivity index (χ0n) is 19.6. The van der Waals surface area contributed by atoms with Gasteiger partial charge in [-0.25, -0.2) is 9.79 Å². The van der Waals surface area contributed by atoms with E-state index in [0.717, 1.165) is 15.6 Å². The molecule has 0 bridgehead atoms. The van der Waals surface area contributed by atoms with Gasteiger partial charge in [0.2, 0.25) is 0 Å². The minimum Gasteiger partial charge on any atom is -0.490 e. The van der Waals surface area contributed by atoms with Gasteiger partial charge in [0.15, 0.2) is 16.7 Å². The number of likely N-dealkylation sites (N-methyl/N-ethyl adjacent to an activating group) is 1. The Morgan fingerprint density at radius 1 is 1.08 bits per heavy atom. The summed E-state index contributed by atoms with van der Waals surface area (Å²) in [6.07, 6.45) is 1.77. The molecular weight excluding hydrogens is 544 g/mol. The van der Waals surface area contributed by atoms with E-state index in [2.05, 4.69) is 20.9 Å². The number of amidine groups is 1. The maximum absolute atomic E-state index is 12.9. The molecule has 1 aliphatic rings. The fourth-order valence-electron chi connectivity index (χ4n) is 3.39. The molecule has 36 heavy (non-hydrogen) atoms. The van der Waals surface area contributed by atoms with Gasteiger partial charge < -0.3 is 14.6 Å². The van der Waals surface area contributed by atoms with Crippen LogP contribution in [0.15, 0.2) is 81.1 Å². The Morgan fingerprint density at radius 2 is 1.83 bits per heavy atom. The lowest BCUT2D eigenvalue weighted by atomic mass is 10.1. The van der Waals surface area contributed by atoms with E-state index in [1.165, 1.54) is 28.8 Å². The summed E-state index contributed by atoms with van der Waals surface area (Å²) in [5, 5.41) is 9.67. The first-order valence-electron chi connectivity index (χ1n) is 11.1. The van der Waals surface area contributed by atoms with Crippen LogP contribution < -0.4 is 9.47 Å². The summed E-state index contributed by atoms with van der Waals surface area (Å²) in [5.41, 5.74) is 2.38. The van der Waals surface area contributed by atoms with Crippen LogP contribution in [-0.2, 0) is 11.4 Å². The monoisotopic (exact) mass is 566 g/mol. The maximum atomic E-state index is 12.9. The van der Waals surface area contributed by atoms with Crippen molar-refractivity contribution in [1.82, 2.24) is 4.90 Å². The summed E-state index contributed by atoms with van der Waals surface area (Å²) < 4.78 is 12.6. The van der Waals surface area contributed by atoms with E-state index in [4.69, 9.17) is 9.47 Å². The molecule has 1 aliphatic heterocycles. The Labute approximate surface area is 221 Å². The van der Waals surface area contributed by atoms with Crippen molar-refractivity contribution in [2.45, 2.75) is 13.5 Å². The minimum absolute atomic E-state index is 0.131. The normalized spacial score (nSPS) is 15.5. The van der Waals surface area contributed by atoms with Gasteiger partial charge in [-0.2, -0.15) is 0 Å². The largest absolute Gasteiger partial charge is 0.490 e. The number of carbonyl (C=O) groups is 2. The van der Waals surface area contributed by atoms with Crippen LogP contribution in [-0.4, -0.2) is 40.7 Å². The third-order valence-electron chi connectivity index (χ3n) is 5.21. The van der Waals surface area contributed by atoms with Gasteiger partial charge in [-0.05, 0) is 66.2 Å². The first-order valence-corrected chi connectivity index (χ1v) is 12.7. The Hall–Kier alpha value is -3.56. The number of halogens is 1. The Bertz CT molecular complexity index is 1360. The van der Waals surface area contributed by atoms with Crippen molar-refractivity contribution >= 4 is 56.5 Å². The first kappa shape index (κ1) is 25.5. The SMILES string of the molecule is CCOc1cc(C=C2SC(=Nc3cccc(C(=O)O)c3)N(C)C2=O)c(Br)cc1OCc1ccccc1. The number of nitrogens with zero attached hydrogens (tertiary/aromatic N) is 2. The van der Waals surface area contributed by atoms with Crippen molar-refractivity contribution < 1.29 is 24.2 Å². The molecule has 1 N–H and O–H groups in total. The number of ether oxygens (including phenoxy) is 2. The molecule has 9 heteroatoms. The Kier molecular flexibility index (Phi) is 8.12. The highest BCUT2D eigenvalue weighted by molar-refractivity contribution is 9.10. The van der Waals surface area contributed by atoms with E-state index >= 15 is 0 Å². The summed E-state index contributed by atoms with van der Waals surface area (Å²) in [7, 11) is 1.64. The zero-order valence-corrected chi connectivity index (χ0v) is 22.0. The van der Waals surface area contributed by atoms with Crippen molar-refractivity contribution in [3.05, 3.63) is 92.8 Å². The highest BCUT2D eigenvalue weighted by Gasteiger charge is 2.30. The minimum atomic E-state index is -1.03. The second-order valence-corrected chi connectivity index (χ2v) is 9.62. The highest BCUT2D eigenvalue weighted by Crippen LogP contribution is 2.38.